The molecule has 2 atom stereocenters. The molecule has 1 nitrogen and oxygen atoms in total. The summed E-state index contributed by atoms with van der Waals surface area (Å²) in [6, 6.07) is 0. The smallest absolute Gasteiger partial charge is 0.199 e. The van der Waals surface area contributed by atoms with E-state index in [1.165, 1.54) is 6.08 Å². The lowest BCUT2D eigenvalue weighted by molar-refractivity contribution is -0.111. The number of Topliss-reactive ketones (excluding diaryl/α,β-unsaturated/α-hetero) is 1. The van der Waals surface area contributed by atoms with Crippen LogP contribution in [-0.2, 0) is 4.79 Å². The molecular formula is C10H12BrCl3O. The summed E-state index contributed by atoms with van der Waals surface area (Å²) >= 11 is 20.9. The molecule has 0 heterocycles. The van der Waals surface area contributed by atoms with Crippen LogP contribution in [0.25, 0.3) is 0 Å². The minimum absolute atomic E-state index is 0.0644. The minimum Gasteiger partial charge on any atom is -0.288 e. The zero-order chi connectivity index (χ0) is 12.2. The molecule has 86 valence electrons. The Kier molecular flexibility index (Phi) is 6.50. The van der Waals surface area contributed by atoms with E-state index in [0.717, 1.165) is 0 Å². The van der Waals surface area contributed by atoms with Crippen LogP contribution in [0.3, 0.4) is 0 Å². The van der Waals surface area contributed by atoms with Crippen molar-refractivity contribution in [1.29, 1.82) is 0 Å². The van der Waals surface area contributed by atoms with E-state index in [9.17, 15) is 4.79 Å². The Hall–Kier alpha value is 0.500. The molecule has 0 aliphatic heterocycles. The fourth-order valence-corrected chi connectivity index (χ4v) is 1.92. The first-order valence-electron chi connectivity index (χ1n) is 4.20. The third kappa shape index (κ3) is 4.90. The quantitative estimate of drug-likeness (QED) is 0.542. The standard InChI is InChI=1S/C10H12BrCl3O/c1-6(2)9(15)7(13)4-10(3,14)8(11)5-12/h4,8H,1,5H2,2-3H3. The van der Waals surface area contributed by atoms with E-state index < -0.39 is 4.87 Å². The average Bonchev–Trinajstić information content (AvgIpc) is 2.14. The normalized spacial score (nSPS) is 18.1. The summed E-state index contributed by atoms with van der Waals surface area (Å²) in [5, 5.41) is 0.0644. The molecule has 2 unspecified atom stereocenters. The molecule has 0 aliphatic carbocycles. The predicted molar refractivity (Wildman–Crippen MR) is 71.5 cm³/mol. The fraction of sp³-hybridized carbons (Fsp3) is 0.500. The summed E-state index contributed by atoms with van der Waals surface area (Å²) in [6.45, 7) is 6.84. The molecule has 0 aliphatic rings. The molecule has 0 rings (SSSR count). The van der Waals surface area contributed by atoms with Crippen molar-refractivity contribution >= 4 is 56.5 Å². The number of halogens is 4. The molecule has 0 aromatic rings. The first kappa shape index (κ1) is 15.5. The van der Waals surface area contributed by atoms with Crippen LogP contribution in [0, 0.1) is 0 Å². The molecule has 5 heteroatoms. The summed E-state index contributed by atoms with van der Waals surface area (Å²) in [4.78, 5) is 10.5. The topological polar surface area (TPSA) is 17.1 Å². The van der Waals surface area contributed by atoms with Crippen molar-refractivity contribution in [2.75, 3.05) is 5.88 Å². The highest BCUT2D eigenvalue weighted by Crippen LogP contribution is 2.30. The molecule has 0 amide bonds. The van der Waals surface area contributed by atoms with Crippen LogP contribution in [0.4, 0.5) is 0 Å². The van der Waals surface area contributed by atoms with Crippen molar-refractivity contribution in [3.05, 3.63) is 23.3 Å². The van der Waals surface area contributed by atoms with Gasteiger partial charge in [0.05, 0.1) is 14.7 Å². The van der Waals surface area contributed by atoms with Gasteiger partial charge in [0, 0.05) is 5.88 Å². The van der Waals surface area contributed by atoms with Gasteiger partial charge in [0.1, 0.15) is 0 Å². The fourth-order valence-electron chi connectivity index (χ4n) is 0.758. The van der Waals surface area contributed by atoms with Crippen LogP contribution < -0.4 is 0 Å². The highest BCUT2D eigenvalue weighted by atomic mass is 79.9. The Labute approximate surface area is 114 Å². The van der Waals surface area contributed by atoms with Gasteiger partial charge in [0.25, 0.3) is 0 Å². The number of alkyl halides is 3. The van der Waals surface area contributed by atoms with Crippen molar-refractivity contribution in [1.82, 2.24) is 0 Å². The molecule has 15 heavy (non-hydrogen) atoms. The third-order valence-electron chi connectivity index (χ3n) is 1.76. The maximum atomic E-state index is 11.4. The van der Waals surface area contributed by atoms with Crippen LogP contribution in [0.5, 0.6) is 0 Å². The van der Waals surface area contributed by atoms with Gasteiger partial charge in [-0.15, -0.1) is 23.2 Å². The molecule has 0 spiro atoms. The van der Waals surface area contributed by atoms with Crippen molar-refractivity contribution in [2.24, 2.45) is 0 Å². The van der Waals surface area contributed by atoms with Gasteiger partial charge in [0.2, 0.25) is 0 Å². The number of allylic oxidation sites excluding steroid dienone is 3. The van der Waals surface area contributed by atoms with Crippen molar-refractivity contribution < 1.29 is 4.79 Å². The molecule has 0 N–H and O–H groups in total. The van der Waals surface area contributed by atoms with Crippen LogP contribution in [0.15, 0.2) is 23.3 Å². The predicted octanol–water partition coefficient (Wildman–Crippen LogP) is 4.25. The lowest BCUT2D eigenvalue weighted by Gasteiger charge is -2.22. The second-order valence-electron chi connectivity index (χ2n) is 3.37. The highest BCUT2D eigenvalue weighted by Gasteiger charge is 2.28. The lowest BCUT2D eigenvalue weighted by Crippen LogP contribution is -2.28. The van der Waals surface area contributed by atoms with Gasteiger partial charge in [-0.2, -0.15) is 0 Å². The van der Waals surface area contributed by atoms with E-state index in [-0.39, 0.29) is 15.6 Å². The summed E-state index contributed by atoms with van der Waals surface area (Å²) in [6.07, 6.45) is 1.48. The zero-order valence-electron chi connectivity index (χ0n) is 8.49. The number of ketones is 1. The molecule has 0 fully saturated rings. The highest BCUT2D eigenvalue weighted by molar-refractivity contribution is 9.09. The van der Waals surface area contributed by atoms with Gasteiger partial charge in [-0.3, -0.25) is 4.79 Å². The van der Waals surface area contributed by atoms with E-state index in [1.807, 2.05) is 0 Å². The Bertz CT molecular complexity index is 297. The second-order valence-corrected chi connectivity index (χ2v) is 6.01. The average molecular weight is 334 g/mol. The van der Waals surface area contributed by atoms with Gasteiger partial charge < -0.3 is 0 Å². The summed E-state index contributed by atoms with van der Waals surface area (Å²) < 4.78 is 0. The molecule has 0 saturated carbocycles. The maximum absolute atomic E-state index is 11.4. The largest absolute Gasteiger partial charge is 0.288 e. The van der Waals surface area contributed by atoms with E-state index in [2.05, 4.69) is 22.5 Å². The van der Waals surface area contributed by atoms with E-state index >= 15 is 0 Å². The zero-order valence-corrected chi connectivity index (χ0v) is 12.3. The van der Waals surface area contributed by atoms with E-state index in [0.29, 0.717) is 11.5 Å². The first-order chi connectivity index (χ1) is 6.72. The van der Waals surface area contributed by atoms with Crippen LogP contribution in [0.2, 0.25) is 0 Å². The summed E-state index contributed by atoms with van der Waals surface area (Å²) in [5.74, 6) is 0.0138. The number of hydrogen-bond acceptors (Lipinski definition) is 1. The summed E-state index contributed by atoms with van der Waals surface area (Å²) in [5.41, 5.74) is 0.376. The van der Waals surface area contributed by atoms with Crippen molar-refractivity contribution in [2.45, 2.75) is 23.5 Å². The van der Waals surface area contributed by atoms with E-state index in [4.69, 9.17) is 34.8 Å². The van der Waals surface area contributed by atoms with Gasteiger partial charge in [0.15, 0.2) is 5.78 Å². The number of carbonyl (C=O) groups excluding carboxylic acids is 1. The Morgan fingerprint density at radius 1 is 1.67 bits per heavy atom. The first-order valence-corrected chi connectivity index (χ1v) is 6.40. The van der Waals surface area contributed by atoms with E-state index in [1.54, 1.807) is 13.8 Å². The molecule has 0 radical (unpaired) electrons. The molecular weight excluding hydrogens is 322 g/mol. The van der Waals surface area contributed by atoms with Gasteiger partial charge in [-0.05, 0) is 25.5 Å². The Morgan fingerprint density at radius 2 is 2.13 bits per heavy atom. The maximum Gasteiger partial charge on any atom is 0.199 e. The van der Waals surface area contributed by atoms with Gasteiger partial charge >= 0.3 is 0 Å². The lowest BCUT2D eigenvalue weighted by atomic mass is 10.1. The van der Waals surface area contributed by atoms with Gasteiger partial charge in [-0.25, -0.2) is 0 Å². The third-order valence-corrected chi connectivity index (χ3v) is 4.63. The van der Waals surface area contributed by atoms with Crippen LogP contribution in [0.1, 0.15) is 13.8 Å². The van der Waals surface area contributed by atoms with Gasteiger partial charge in [-0.1, -0.05) is 34.1 Å². The SMILES string of the molecule is C=C(C)C(=O)C(Cl)=CC(C)(Cl)C(Br)CCl. The van der Waals surface area contributed by atoms with Crippen LogP contribution >= 0.6 is 50.7 Å². The second kappa shape index (κ2) is 6.29. The minimum atomic E-state index is -0.802. The number of hydrogen-bond donors (Lipinski definition) is 0. The number of rotatable bonds is 5. The monoisotopic (exact) mass is 332 g/mol. The molecule has 0 aromatic carbocycles. The molecule has 0 saturated heterocycles. The Balaban J connectivity index is 4.88. The van der Waals surface area contributed by atoms with Crippen molar-refractivity contribution in [3.8, 4) is 0 Å². The molecule has 0 bridgehead atoms. The Morgan fingerprint density at radius 3 is 2.47 bits per heavy atom. The summed E-state index contributed by atoms with van der Waals surface area (Å²) in [7, 11) is 0. The van der Waals surface area contributed by atoms with Crippen LogP contribution in [-0.4, -0.2) is 21.4 Å². The van der Waals surface area contributed by atoms with Crippen molar-refractivity contribution in [3.63, 3.8) is 0 Å². The molecule has 0 aromatic heterocycles. The number of carbonyl (C=O) groups is 1.